The molecule has 0 spiro atoms. The zero-order valence-electron chi connectivity index (χ0n) is 12.7. The molecule has 1 aliphatic heterocycles. The van der Waals surface area contributed by atoms with E-state index in [1.54, 1.807) is 24.3 Å². The smallest absolute Gasteiger partial charge is 0.261 e. The van der Waals surface area contributed by atoms with Gasteiger partial charge in [0.1, 0.15) is 0 Å². The lowest BCUT2D eigenvalue weighted by Gasteiger charge is -2.14. The number of hydrogen-bond acceptors (Lipinski definition) is 4. The highest BCUT2D eigenvalue weighted by Gasteiger charge is 2.34. The number of benzene rings is 1. The fraction of sp³-hybridized carbons (Fsp3) is 0.500. The summed E-state index contributed by atoms with van der Waals surface area (Å²) < 4.78 is 0. The predicted molar refractivity (Wildman–Crippen MR) is 81.4 cm³/mol. The molecule has 2 amide bonds. The van der Waals surface area contributed by atoms with Gasteiger partial charge in [-0.3, -0.25) is 24.6 Å². The Morgan fingerprint density at radius 3 is 2.14 bits per heavy atom. The van der Waals surface area contributed by atoms with Gasteiger partial charge in [-0.2, -0.15) is 0 Å². The molecular formula is C16H20N2O4. The SMILES string of the molecule is CCCCC(CCCN1C(=O)c2ccccc2C1=O)[N+](=O)[O-]. The van der Waals surface area contributed by atoms with Crippen molar-refractivity contribution in [1.29, 1.82) is 0 Å². The monoisotopic (exact) mass is 304 g/mol. The fourth-order valence-electron chi connectivity index (χ4n) is 2.72. The third-order valence-electron chi connectivity index (χ3n) is 3.99. The van der Waals surface area contributed by atoms with Crippen LogP contribution in [0.4, 0.5) is 0 Å². The zero-order valence-corrected chi connectivity index (χ0v) is 12.7. The molecule has 22 heavy (non-hydrogen) atoms. The molecule has 6 nitrogen and oxygen atoms in total. The Hall–Kier alpha value is -2.24. The molecule has 0 bridgehead atoms. The molecule has 1 aromatic rings. The van der Waals surface area contributed by atoms with Crippen molar-refractivity contribution in [2.75, 3.05) is 6.54 Å². The number of amides is 2. The van der Waals surface area contributed by atoms with Gasteiger partial charge >= 0.3 is 0 Å². The van der Waals surface area contributed by atoms with Crippen LogP contribution in [0.5, 0.6) is 0 Å². The van der Waals surface area contributed by atoms with E-state index in [1.165, 1.54) is 4.90 Å². The van der Waals surface area contributed by atoms with Crippen LogP contribution < -0.4 is 0 Å². The van der Waals surface area contributed by atoms with Gasteiger partial charge in [-0.15, -0.1) is 0 Å². The highest BCUT2D eigenvalue weighted by Crippen LogP contribution is 2.23. The van der Waals surface area contributed by atoms with Crippen LogP contribution in [0, 0.1) is 10.1 Å². The number of imide groups is 1. The molecule has 0 aromatic heterocycles. The second kappa shape index (κ2) is 7.15. The Morgan fingerprint density at radius 1 is 1.09 bits per heavy atom. The Morgan fingerprint density at radius 2 is 1.64 bits per heavy atom. The van der Waals surface area contributed by atoms with Gasteiger partial charge in [0.2, 0.25) is 6.04 Å². The molecule has 0 aliphatic carbocycles. The van der Waals surface area contributed by atoms with E-state index in [2.05, 4.69) is 0 Å². The lowest BCUT2D eigenvalue weighted by Crippen LogP contribution is -2.31. The van der Waals surface area contributed by atoms with E-state index in [0.29, 0.717) is 30.4 Å². The molecule has 0 N–H and O–H groups in total. The summed E-state index contributed by atoms with van der Waals surface area (Å²) >= 11 is 0. The van der Waals surface area contributed by atoms with E-state index in [1.807, 2.05) is 6.92 Å². The summed E-state index contributed by atoms with van der Waals surface area (Å²) in [6, 6.07) is 6.13. The van der Waals surface area contributed by atoms with Crippen molar-refractivity contribution in [2.45, 2.75) is 45.1 Å². The maximum Gasteiger partial charge on any atom is 0.261 e. The van der Waals surface area contributed by atoms with Crippen molar-refractivity contribution in [2.24, 2.45) is 0 Å². The van der Waals surface area contributed by atoms with Crippen LogP contribution in [-0.2, 0) is 0 Å². The topological polar surface area (TPSA) is 80.5 Å². The Kier molecular flexibility index (Phi) is 5.25. The molecule has 0 saturated heterocycles. The van der Waals surface area contributed by atoms with Gasteiger partial charge in [-0.25, -0.2) is 0 Å². The number of rotatable bonds is 8. The van der Waals surface area contributed by atoms with E-state index < -0.39 is 6.04 Å². The molecule has 1 aromatic carbocycles. The van der Waals surface area contributed by atoms with Crippen LogP contribution in [-0.4, -0.2) is 34.2 Å². The average Bonchev–Trinajstić information content (AvgIpc) is 2.75. The summed E-state index contributed by atoms with van der Waals surface area (Å²) in [5, 5.41) is 11.0. The van der Waals surface area contributed by atoms with Crippen LogP contribution in [0.25, 0.3) is 0 Å². The first-order chi connectivity index (χ1) is 10.6. The van der Waals surface area contributed by atoms with Crippen LogP contribution in [0.1, 0.15) is 59.7 Å². The number of hydrogen-bond donors (Lipinski definition) is 0. The first-order valence-corrected chi connectivity index (χ1v) is 7.65. The average molecular weight is 304 g/mol. The third-order valence-corrected chi connectivity index (χ3v) is 3.99. The molecule has 0 radical (unpaired) electrons. The molecule has 0 fully saturated rings. The summed E-state index contributed by atoms with van der Waals surface area (Å²) in [6.07, 6.45) is 3.13. The molecule has 118 valence electrons. The molecular weight excluding hydrogens is 284 g/mol. The minimum atomic E-state index is -0.588. The normalized spacial score (nSPS) is 15.0. The summed E-state index contributed by atoms with van der Waals surface area (Å²) in [5.41, 5.74) is 0.841. The summed E-state index contributed by atoms with van der Waals surface area (Å²) in [6.45, 7) is 2.23. The van der Waals surface area contributed by atoms with E-state index in [4.69, 9.17) is 0 Å². The van der Waals surface area contributed by atoms with Gasteiger partial charge in [-0.1, -0.05) is 25.5 Å². The third kappa shape index (κ3) is 3.32. The van der Waals surface area contributed by atoms with E-state index in [0.717, 1.165) is 12.8 Å². The van der Waals surface area contributed by atoms with Gasteiger partial charge in [0, 0.05) is 24.3 Å². The van der Waals surface area contributed by atoms with E-state index in [-0.39, 0.29) is 23.3 Å². The fourth-order valence-corrected chi connectivity index (χ4v) is 2.72. The van der Waals surface area contributed by atoms with Crippen LogP contribution in [0.15, 0.2) is 24.3 Å². The van der Waals surface area contributed by atoms with Gasteiger partial charge in [-0.05, 0) is 25.0 Å². The maximum atomic E-state index is 12.2. The number of carbonyl (C=O) groups is 2. The van der Waals surface area contributed by atoms with Crippen molar-refractivity contribution in [1.82, 2.24) is 4.90 Å². The Bertz CT molecular complexity index is 550. The number of nitro groups is 1. The molecule has 2 rings (SSSR count). The molecule has 1 heterocycles. The van der Waals surface area contributed by atoms with Crippen molar-refractivity contribution in [3.8, 4) is 0 Å². The van der Waals surface area contributed by atoms with Crippen LogP contribution >= 0.6 is 0 Å². The zero-order chi connectivity index (χ0) is 16.1. The summed E-state index contributed by atoms with van der Waals surface area (Å²) in [5.74, 6) is -0.598. The van der Waals surface area contributed by atoms with Crippen molar-refractivity contribution < 1.29 is 14.5 Å². The van der Waals surface area contributed by atoms with Gasteiger partial charge < -0.3 is 0 Å². The van der Waals surface area contributed by atoms with Gasteiger partial charge in [0.15, 0.2) is 0 Å². The first kappa shape index (κ1) is 16.1. The summed E-state index contributed by atoms with van der Waals surface area (Å²) in [4.78, 5) is 36.3. The number of unbranched alkanes of at least 4 members (excludes halogenated alkanes) is 1. The number of carbonyl (C=O) groups excluding carboxylic acids is 2. The highest BCUT2D eigenvalue weighted by molar-refractivity contribution is 6.21. The van der Waals surface area contributed by atoms with Crippen molar-refractivity contribution in [3.05, 3.63) is 45.5 Å². The van der Waals surface area contributed by atoms with E-state index >= 15 is 0 Å². The lowest BCUT2D eigenvalue weighted by molar-refractivity contribution is -0.524. The quantitative estimate of drug-likeness (QED) is 0.420. The maximum absolute atomic E-state index is 12.2. The lowest BCUT2D eigenvalue weighted by atomic mass is 10.1. The predicted octanol–water partition coefficient (Wildman–Crippen LogP) is 2.90. The van der Waals surface area contributed by atoms with Gasteiger partial charge in [0.25, 0.3) is 11.8 Å². The Balaban J connectivity index is 1.91. The number of fused-ring (bicyclic) bond motifs is 1. The minimum absolute atomic E-state index is 0.239. The minimum Gasteiger partial charge on any atom is -0.274 e. The van der Waals surface area contributed by atoms with Crippen LogP contribution in [0.2, 0.25) is 0 Å². The molecule has 1 aliphatic rings. The standard InChI is InChI=1S/C16H20N2O4/c1-2-3-7-12(18(21)22)8-6-11-17-15(19)13-9-4-5-10-14(13)16(17)20/h4-5,9-10,12H,2-3,6-8,11H2,1H3. The van der Waals surface area contributed by atoms with Crippen molar-refractivity contribution >= 4 is 11.8 Å². The van der Waals surface area contributed by atoms with E-state index in [9.17, 15) is 19.7 Å². The van der Waals surface area contributed by atoms with Crippen molar-refractivity contribution in [3.63, 3.8) is 0 Å². The first-order valence-electron chi connectivity index (χ1n) is 7.65. The molecule has 6 heteroatoms. The molecule has 0 saturated carbocycles. The molecule has 1 unspecified atom stereocenters. The number of nitrogens with zero attached hydrogens (tertiary/aromatic N) is 2. The van der Waals surface area contributed by atoms with Gasteiger partial charge in [0.05, 0.1) is 11.1 Å². The second-order valence-corrected chi connectivity index (χ2v) is 5.53. The Labute approximate surface area is 129 Å². The highest BCUT2D eigenvalue weighted by atomic mass is 16.6. The van der Waals surface area contributed by atoms with Crippen LogP contribution in [0.3, 0.4) is 0 Å². The second-order valence-electron chi connectivity index (χ2n) is 5.53. The molecule has 1 atom stereocenters. The largest absolute Gasteiger partial charge is 0.274 e. The summed E-state index contributed by atoms with van der Waals surface area (Å²) in [7, 11) is 0.